The number of piperazine rings is 1. The molecule has 0 atom stereocenters. The van der Waals surface area contributed by atoms with Gasteiger partial charge in [-0.25, -0.2) is 9.97 Å². The first-order valence-electron chi connectivity index (χ1n) is 8.74. The third-order valence-corrected chi connectivity index (χ3v) is 4.50. The van der Waals surface area contributed by atoms with Crippen molar-refractivity contribution in [2.45, 2.75) is 13.8 Å². The van der Waals surface area contributed by atoms with Gasteiger partial charge in [0.2, 0.25) is 5.95 Å². The maximum Gasteiger partial charge on any atom is 0.255 e. The second-order valence-electron chi connectivity index (χ2n) is 5.93. The molecule has 0 unspecified atom stereocenters. The summed E-state index contributed by atoms with van der Waals surface area (Å²) in [5.74, 6) is 0.807. The van der Waals surface area contributed by atoms with Gasteiger partial charge in [0.05, 0.1) is 17.4 Å². The molecule has 0 spiro atoms. The lowest BCUT2D eigenvalue weighted by Crippen LogP contribution is -2.47. The van der Waals surface area contributed by atoms with Crippen molar-refractivity contribution in [2.75, 3.05) is 49.1 Å². The Kier molecular flexibility index (Phi) is 5.42. The SMILES string of the molecule is CCN(CC)C(=O)c1cncc(N2CCN(c3ncccn3)CC2)c1. The van der Waals surface area contributed by atoms with Gasteiger partial charge in [0.15, 0.2) is 0 Å². The molecule has 1 saturated heterocycles. The van der Waals surface area contributed by atoms with Gasteiger partial charge in [0, 0.05) is 57.9 Å². The Morgan fingerprint density at radius 3 is 2.32 bits per heavy atom. The number of anilines is 2. The number of rotatable bonds is 5. The van der Waals surface area contributed by atoms with Gasteiger partial charge < -0.3 is 14.7 Å². The van der Waals surface area contributed by atoms with Crippen molar-refractivity contribution < 1.29 is 4.79 Å². The fourth-order valence-electron chi connectivity index (χ4n) is 3.03. The first-order valence-corrected chi connectivity index (χ1v) is 8.74. The summed E-state index contributed by atoms with van der Waals surface area (Å²) < 4.78 is 0. The Morgan fingerprint density at radius 2 is 1.68 bits per heavy atom. The summed E-state index contributed by atoms with van der Waals surface area (Å²) in [5, 5.41) is 0. The summed E-state index contributed by atoms with van der Waals surface area (Å²) in [5.41, 5.74) is 1.64. The lowest BCUT2D eigenvalue weighted by Gasteiger charge is -2.36. The van der Waals surface area contributed by atoms with Gasteiger partial charge in [0.1, 0.15) is 0 Å². The third kappa shape index (κ3) is 3.87. The average Bonchev–Trinajstić information content (AvgIpc) is 2.70. The molecule has 7 nitrogen and oxygen atoms in total. The van der Waals surface area contributed by atoms with Crippen LogP contribution in [0.25, 0.3) is 0 Å². The van der Waals surface area contributed by atoms with Crippen LogP contribution in [-0.4, -0.2) is 65.0 Å². The van der Waals surface area contributed by atoms with Crippen LogP contribution in [0.1, 0.15) is 24.2 Å². The molecule has 0 aromatic carbocycles. The highest BCUT2D eigenvalue weighted by Gasteiger charge is 2.20. The Balaban J connectivity index is 1.67. The Morgan fingerprint density at radius 1 is 1.04 bits per heavy atom. The normalized spacial score (nSPS) is 14.5. The molecule has 1 aliphatic rings. The fraction of sp³-hybridized carbons (Fsp3) is 0.444. The Labute approximate surface area is 148 Å². The maximum atomic E-state index is 12.5. The maximum absolute atomic E-state index is 12.5. The Hall–Kier alpha value is -2.70. The van der Waals surface area contributed by atoms with Crippen molar-refractivity contribution >= 4 is 17.5 Å². The second kappa shape index (κ2) is 7.92. The van der Waals surface area contributed by atoms with E-state index in [1.54, 1.807) is 18.6 Å². The molecule has 3 heterocycles. The summed E-state index contributed by atoms with van der Waals surface area (Å²) in [6.07, 6.45) is 7.01. The largest absolute Gasteiger partial charge is 0.367 e. The van der Waals surface area contributed by atoms with E-state index in [0.717, 1.165) is 37.8 Å². The Bertz CT molecular complexity index is 696. The van der Waals surface area contributed by atoms with E-state index in [2.05, 4.69) is 24.8 Å². The van der Waals surface area contributed by atoms with Gasteiger partial charge in [-0.15, -0.1) is 0 Å². The number of carbonyl (C=O) groups excluding carboxylic acids is 1. The summed E-state index contributed by atoms with van der Waals surface area (Å²) >= 11 is 0. The molecule has 0 saturated carbocycles. The van der Waals surface area contributed by atoms with Gasteiger partial charge in [-0.1, -0.05) is 0 Å². The zero-order valence-electron chi connectivity index (χ0n) is 14.8. The monoisotopic (exact) mass is 340 g/mol. The van der Waals surface area contributed by atoms with Gasteiger partial charge in [-0.05, 0) is 26.0 Å². The van der Waals surface area contributed by atoms with Crippen LogP contribution in [-0.2, 0) is 0 Å². The van der Waals surface area contributed by atoms with Crippen LogP contribution in [0.5, 0.6) is 0 Å². The molecule has 0 radical (unpaired) electrons. The van der Waals surface area contributed by atoms with Gasteiger partial charge in [-0.2, -0.15) is 0 Å². The van der Waals surface area contributed by atoms with E-state index in [1.807, 2.05) is 37.1 Å². The van der Waals surface area contributed by atoms with Crippen LogP contribution in [0.15, 0.2) is 36.9 Å². The molecular formula is C18H24N6O. The molecule has 0 bridgehead atoms. The van der Waals surface area contributed by atoms with E-state index < -0.39 is 0 Å². The van der Waals surface area contributed by atoms with Crippen molar-refractivity contribution in [1.82, 2.24) is 19.9 Å². The predicted molar refractivity (Wildman–Crippen MR) is 97.9 cm³/mol. The topological polar surface area (TPSA) is 65.5 Å². The smallest absolute Gasteiger partial charge is 0.255 e. The first-order chi connectivity index (χ1) is 12.2. The highest BCUT2D eigenvalue weighted by atomic mass is 16.2. The predicted octanol–water partition coefficient (Wildman–Crippen LogP) is 1.68. The quantitative estimate of drug-likeness (QED) is 0.825. The molecular weight excluding hydrogens is 316 g/mol. The summed E-state index contributed by atoms with van der Waals surface area (Å²) in [7, 11) is 0. The van der Waals surface area contributed by atoms with E-state index in [9.17, 15) is 4.79 Å². The minimum Gasteiger partial charge on any atom is -0.367 e. The van der Waals surface area contributed by atoms with E-state index in [4.69, 9.17) is 0 Å². The van der Waals surface area contributed by atoms with Crippen LogP contribution < -0.4 is 9.80 Å². The van der Waals surface area contributed by atoms with Gasteiger partial charge >= 0.3 is 0 Å². The molecule has 0 aliphatic carbocycles. The van der Waals surface area contributed by atoms with E-state index in [0.29, 0.717) is 18.7 Å². The number of hydrogen-bond acceptors (Lipinski definition) is 6. The standard InChI is InChI=1S/C18H24N6O/c1-3-22(4-2)17(25)15-12-16(14-19-13-15)23-8-10-24(11-9-23)18-20-6-5-7-21-18/h5-7,12-14H,3-4,8-11H2,1-2H3. The molecule has 7 heteroatoms. The summed E-state index contributed by atoms with van der Waals surface area (Å²) in [6.45, 7) is 8.78. The number of hydrogen-bond donors (Lipinski definition) is 0. The van der Waals surface area contributed by atoms with Crippen LogP contribution in [0.4, 0.5) is 11.6 Å². The fourth-order valence-corrected chi connectivity index (χ4v) is 3.03. The van der Waals surface area contributed by atoms with E-state index >= 15 is 0 Å². The molecule has 2 aromatic heterocycles. The van der Waals surface area contributed by atoms with Crippen molar-refractivity contribution in [1.29, 1.82) is 0 Å². The lowest BCUT2D eigenvalue weighted by molar-refractivity contribution is 0.0772. The zero-order valence-corrected chi connectivity index (χ0v) is 14.8. The molecule has 3 rings (SSSR count). The highest BCUT2D eigenvalue weighted by Crippen LogP contribution is 2.19. The number of amides is 1. The van der Waals surface area contributed by atoms with Crippen molar-refractivity contribution in [3.8, 4) is 0 Å². The molecule has 0 N–H and O–H groups in total. The van der Waals surface area contributed by atoms with E-state index in [1.165, 1.54) is 0 Å². The van der Waals surface area contributed by atoms with Crippen molar-refractivity contribution in [3.63, 3.8) is 0 Å². The number of pyridine rings is 1. The molecule has 1 aliphatic heterocycles. The van der Waals surface area contributed by atoms with Crippen molar-refractivity contribution in [3.05, 3.63) is 42.5 Å². The average molecular weight is 340 g/mol. The van der Waals surface area contributed by atoms with Crippen LogP contribution in [0.2, 0.25) is 0 Å². The highest BCUT2D eigenvalue weighted by molar-refractivity contribution is 5.94. The number of nitrogens with zero attached hydrogens (tertiary/aromatic N) is 6. The molecule has 1 amide bonds. The molecule has 25 heavy (non-hydrogen) atoms. The van der Waals surface area contributed by atoms with Crippen molar-refractivity contribution in [2.24, 2.45) is 0 Å². The molecule has 2 aromatic rings. The zero-order chi connectivity index (χ0) is 17.6. The minimum atomic E-state index is 0.0377. The molecule has 132 valence electrons. The van der Waals surface area contributed by atoms with Gasteiger partial charge in [0.25, 0.3) is 5.91 Å². The van der Waals surface area contributed by atoms with Crippen LogP contribution in [0, 0.1) is 0 Å². The van der Waals surface area contributed by atoms with Crippen LogP contribution in [0.3, 0.4) is 0 Å². The lowest BCUT2D eigenvalue weighted by atomic mass is 10.2. The minimum absolute atomic E-state index is 0.0377. The second-order valence-corrected chi connectivity index (χ2v) is 5.93. The third-order valence-electron chi connectivity index (χ3n) is 4.50. The molecule has 1 fully saturated rings. The first kappa shape index (κ1) is 17.1. The number of carbonyl (C=O) groups is 1. The number of aromatic nitrogens is 3. The summed E-state index contributed by atoms with van der Waals surface area (Å²) in [4.78, 5) is 31.7. The van der Waals surface area contributed by atoms with Crippen LogP contribution >= 0.6 is 0 Å². The summed E-state index contributed by atoms with van der Waals surface area (Å²) in [6, 6.07) is 3.77. The van der Waals surface area contributed by atoms with Gasteiger partial charge in [-0.3, -0.25) is 9.78 Å². The van der Waals surface area contributed by atoms with E-state index in [-0.39, 0.29) is 5.91 Å².